The van der Waals surface area contributed by atoms with E-state index in [-0.39, 0.29) is 6.79 Å². The zero-order valence-corrected chi connectivity index (χ0v) is 14.2. The van der Waals surface area contributed by atoms with Crippen molar-refractivity contribution in [1.82, 2.24) is 0 Å². The molecule has 1 atom stereocenters. The zero-order chi connectivity index (χ0) is 17.1. The lowest BCUT2D eigenvalue weighted by atomic mass is 10.0. The number of β-amino-alcohol motifs (C(OH)–C–C–N with tert-alkyl or cyclic N) is 1. The van der Waals surface area contributed by atoms with Gasteiger partial charge in [0.1, 0.15) is 0 Å². The molecule has 25 heavy (non-hydrogen) atoms. The van der Waals surface area contributed by atoms with Crippen molar-refractivity contribution in [3.05, 3.63) is 53.6 Å². The van der Waals surface area contributed by atoms with Crippen LogP contribution in [0.3, 0.4) is 0 Å². The van der Waals surface area contributed by atoms with Gasteiger partial charge in [-0.2, -0.15) is 0 Å². The van der Waals surface area contributed by atoms with Crippen LogP contribution in [0.15, 0.2) is 42.5 Å². The largest absolute Gasteiger partial charge is 0.454 e. The van der Waals surface area contributed by atoms with E-state index in [2.05, 4.69) is 29.2 Å². The van der Waals surface area contributed by atoms with E-state index in [0.717, 1.165) is 36.4 Å². The molecule has 2 aliphatic rings. The molecule has 4 rings (SSSR count). The standard InChI is InChI=1S/C20H23NO4/c22-17(11-21-9-3-5-16-4-1-2-6-18(16)21)13-23-12-15-7-8-19-20(10-15)25-14-24-19/h1-2,4,6-8,10,17,22H,3,5,9,11-14H2. The van der Waals surface area contributed by atoms with Crippen molar-refractivity contribution >= 4 is 5.69 Å². The van der Waals surface area contributed by atoms with E-state index in [4.69, 9.17) is 14.2 Å². The number of ether oxygens (including phenoxy) is 3. The lowest BCUT2D eigenvalue weighted by molar-refractivity contribution is 0.0318. The molecule has 0 aliphatic carbocycles. The number of nitrogens with zero attached hydrogens (tertiary/aromatic N) is 1. The second-order valence-electron chi connectivity index (χ2n) is 6.53. The number of rotatable bonds is 6. The first-order chi connectivity index (χ1) is 12.3. The van der Waals surface area contributed by atoms with Gasteiger partial charge in [0.05, 0.1) is 19.3 Å². The fraction of sp³-hybridized carbons (Fsp3) is 0.400. The van der Waals surface area contributed by atoms with E-state index >= 15 is 0 Å². The minimum absolute atomic E-state index is 0.273. The molecule has 0 saturated carbocycles. The zero-order valence-electron chi connectivity index (χ0n) is 14.2. The first-order valence-corrected chi connectivity index (χ1v) is 8.77. The van der Waals surface area contributed by atoms with Crippen molar-refractivity contribution in [3.63, 3.8) is 0 Å². The number of hydrogen-bond donors (Lipinski definition) is 1. The van der Waals surface area contributed by atoms with Crippen molar-refractivity contribution in [2.75, 3.05) is 31.4 Å². The number of aryl methyl sites for hydroxylation is 1. The molecule has 0 bridgehead atoms. The Morgan fingerprint density at radius 1 is 1.12 bits per heavy atom. The van der Waals surface area contributed by atoms with Gasteiger partial charge in [-0.1, -0.05) is 24.3 Å². The van der Waals surface area contributed by atoms with Crippen molar-refractivity contribution in [3.8, 4) is 11.5 Å². The SMILES string of the molecule is OC(COCc1ccc2c(c1)OCO2)CN1CCCc2ccccc21. The summed E-state index contributed by atoms with van der Waals surface area (Å²) in [6.45, 7) is 2.61. The van der Waals surface area contributed by atoms with Gasteiger partial charge in [-0.05, 0) is 42.2 Å². The normalized spacial score (nSPS) is 16.6. The fourth-order valence-corrected chi connectivity index (χ4v) is 3.45. The summed E-state index contributed by atoms with van der Waals surface area (Å²) in [6.07, 6.45) is 1.73. The van der Waals surface area contributed by atoms with Crippen molar-refractivity contribution < 1.29 is 19.3 Å². The van der Waals surface area contributed by atoms with E-state index < -0.39 is 6.10 Å². The smallest absolute Gasteiger partial charge is 0.231 e. The Labute approximate surface area is 147 Å². The highest BCUT2D eigenvalue weighted by Crippen LogP contribution is 2.32. The van der Waals surface area contributed by atoms with Crippen LogP contribution in [-0.2, 0) is 17.8 Å². The van der Waals surface area contributed by atoms with Crippen LogP contribution in [0.4, 0.5) is 5.69 Å². The van der Waals surface area contributed by atoms with Crippen molar-refractivity contribution in [2.45, 2.75) is 25.6 Å². The monoisotopic (exact) mass is 341 g/mol. The van der Waals surface area contributed by atoms with E-state index in [1.165, 1.54) is 11.3 Å². The van der Waals surface area contributed by atoms with Crippen LogP contribution in [0.2, 0.25) is 0 Å². The molecule has 1 N–H and O–H groups in total. The van der Waals surface area contributed by atoms with Gasteiger partial charge >= 0.3 is 0 Å². The van der Waals surface area contributed by atoms with Crippen LogP contribution in [0.5, 0.6) is 11.5 Å². The molecule has 0 aromatic heterocycles. The van der Waals surface area contributed by atoms with Crippen LogP contribution in [-0.4, -0.2) is 37.7 Å². The Morgan fingerprint density at radius 3 is 2.96 bits per heavy atom. The first-order valence-electron chi connectivity index (χ1n) is 8.77. The second kappa shape index (κ2) is 7.33. The van der Waals surface area contributed by atoms with Crippen LogP contribution < -0.4 is 14.4 Å². The van der Waals surface area contributed by atoms with Gasteiger partial charge in [0.2, 0.25) is 6.79 Å². The third-order valence-corrected chi connectivity index (χ3v) is 4.65. The number of anilines is 1. The number of hydrogen-bond acceptors (Lipinski definition) is 5. The molecule has 2 aliphatic heterocycles. The molecular weight excluding hydrogens is 318 g/mol. The average Bonchev–Trinajstić information content (AvgIpc) is 3.10. The van der Waals surface area contributed by atoms with Gasteiger partial charge in [0, 0.05) is 18.8 Å². The van der Waals surface area contributed by atoms with E-state index in [1.54, 1.807) is 0 Å². The number of aliphatic hydroxyl groups is 1. The number of aliphatic hydroxyl groups excluding tert-OH is 1. The van der Waals surface area contributed by atoms with Gasteiger partial charge in [-0.15, -0.1) is 0 Å². The molecule has 0 fully saturated rings. The first kappa shape index (κ1) is 16.2. The highest BCUT2D eigenvalue weighted by atomic mass is 16.7. The maximum Gasteiger partial charge on any atom is 0.231 e. The minimum Gasteiger partial charge on any atom is -0.454 e. The molecule has 2 aromatic carbocycles. The lowest BCUT2D eigenvalue weighted by Gasteiger charge is -2.32. The molecule has 0 spiro atoms. The predicted molar refractivity (Wildman–Crippen MR) is 95.2 cm³/mol. The van der Waals surface area contributed by atoms with Crippen molar-refractivity contribution in [1.29, 1.82) is 0 Å². The topological polar surface area (TPSA) is 51.2 Å². The molecular formula is C20H23NO4. The quantitative estimate of drug-likeness (QED) is 0.876. The van der Waals surface area contributed by atoms with Gasteiger partial charge in [0.15, 0.2) is 11.5 Å². The third kappa shape index (κ3) is 3.72. The maximum atomic E-state index is 10.3. The summed E-state index contributed by atoms with van der Waals surface area (Å²) < 4.78 is 16.4. The highest BCUT2D eigenvalue weighted by molar-refractivity contribution is 5.55. The number of fused-ring (bicyclic) bond motifs is 2. The summed E-state index contributed by atoms with van der Waals surface area (Å²) in [6, 6.07) is 14.2. The summed E-state index contributed by atoms with van der Waals surface area (Å²) in [5, 5.41) is 10.3. The van der Waals surface area contributed by atoms with E-state index in [1.807, 2.05) is 18.2 Å². The van der Waals surface area contributed by atoms with Crippen LogP contribution in [0.25, 0.3) is 0 Å². The van der Waals surface area contributed by atoms with E-state index in [9.17, 15) is 5.11 Å². The minimum atomic E-state index is -0.514. The van der Waals surface area contributed by atoms with Gasteiger partial charge < -0.3 is 24.2 Å². The molecule has 2 heterocycles. The predicted octanol–water partition coefficient (Wildman–Crippen LogP) is 2.75. The molecule has 1 unspecified atom stereocenters. The molecule has 0 radical (unpaired) electrons. The van der Waals surface area contributed by atoms with Gasteiger partial charge in [-0.3, -0.25) is 0 Å². The molecule has 132 valence electrons. The molecule has 0 saturated heterocycles. The maximum absolute atomic E-state index is 10.3. The molecule has 5 nitrogen and oxygen atoms in total. The van der Waals surface area contributed by atoms with Gasteiger partial charge in [-0.25, -0.2) is 0 Å². The average molecular weight is 341 g/mol. The third-order valence-electron chi connectivity index (χ3n) is 4.65. The Kier molecular flexibility index (Phi) is 4.76. The molecule has 2 aromatic rings. The van der Waals surface area contributed by atoms with Crippen molar-refractivity contribution in [2.24, 2.45) is 0 Å². The number of para-hydroxylation sites is 1. The molecule has 0 amide bonds. The summed E-state index contributed by atoms with van der Waals surface area (Å²) in [5.74, 6) is 1.53. The van der Waals surface area contributed by atoms with Gasteiger partial charge in [0.25, 0.3) is 0 Å². The van der Waals surface area contributed by atoms with Crippen LogP contribution in [0.1, 0.15) is 17.5 Å². The summed E-state index contributed by atoms with van der Waals surface area (Å²) in [4.78, 5) is 2.26. The Bertz CT molecular complexity index is 733. The Hall–Kier alpha value is -2.24. The fourth-order valence-electron chi connectivity index (χ4n) is 3.45. The number of benzene rings is 2. The Morgan fingerprint density at radius 2 is 2.00 bits per heavy atom. The summed E-state index contributed by atoms with van der Waals surface area (Å²) in [5.41, 5.74) is 3.62. The Balaban J connectivity index is 1.28. The summed E-state index contributed by atoms with van der Waals surface area (Å²) >= 11 is 0. The second-order valence-corrected chi connectivity index (χ2v) is 6.53. The van der Waals surface area contributed by atoms with Crippen LogP contribution >= 0.6 is 0 Å². The van der Waals surface area contributed by atoms with Crippen LogP contribution in [0, 0.1) is 0 Å². The molecule has 5 heteroatoms. The lowest BCUT2D eigenvalue weighted by Crippen LogP contribution is -2.38. The van der Waals surface area contributed by atoms with E-state index in [0.29, 0.717) is 19.8 Å². The highest BCUT2D eigenvalue weighted by Gasteiger charge is 2.19. The summed E-state index contributed by atoms with van der Waals surface area (Å²) in [7, 11) is 0.